The second-order valence-corrected chi connectivity index (χ2v) is 7.06. The molecule has 0 aliphatic heterocycles. The number of nitrogens with zero attached hydrogens (tertiary/aromatic N) is 4. The first-order valence-corrected chi connectivity index (χ1v) is 8.45. The lowest BCUT2D eigenvalue weighted by Crippen LogP contribution is -2.65. The van der Waals surface area contributed by atoms with Crippen LogP contribution in [0.4, 0.5) is 11.4 Å². The van der Waals surface area contributed by atoms with Gasteiger partial charge in [0.05, 0.1) is 37.7 Å². The van der Waals surface area contributed by atoms with Crippen molar-refractivity contribution in [1.29, 1.82) is 0 Å². The summed E-state index contributed by atoms with van der Waals surface area (Å²) in [5.74, 6) is 0. The van der Waals surface area contributed by atoms with Crippen molar-refractivity contribution in [1.82, 2.24) is 9.16 Å². The molecule has 0 saturated heterocycles. The maximum Gasteiger partial charge on any atom is 0.301 e. The van der Waals surface area contributed by atoms with Crippen LogP contribution in [0.2, 0.25) is 0 Å². The summed E-state index contributed by atoms with van der Waals surface area (Å²) < 4.78 is 2.58. The van der Waals surface area contributed by atoms with E-state index in [1.807, 2.05) is 60.1 Å². The Balaban J connectivity index is 0.00000261. The lowest BCUT2D eigenvalue weighted by Gasteiger charge is -2.22. The molecule has 3 rings (SSSR count). The highest BCUT2D eigenvalue weighted by molar-refractivity contribution is 5.48. The maximum atomic E-state index is 12.0. The number of para-hydroxylation sites is 1. The molecule has 0 unspecified atom stereocenters. The molecule has 3 aromatic rings. The van der Waals surface area contributed by atoms with Gasteiger partial charge < -0.3 is 0 Å². The Bertz CT molecular complexity index is 1000. The zero-order valence-corrected chi connectivity index (χ0v) is 15.5. The summed E-state index contributed by atoms with van der Waals surface area (Å²) in [6, 6.07) is 19.5. The maximum absolute atomic E-state index is 12.0. The number of quaternary nitrogens is 1. The number of aryl methyl sites for hydroxylation is 1. The van der Waals surface area contributed by atoms with Crippen molar-refractivity contribution < 1.29 is 9.91 Å². The monoisotopic (exact) mass is 366 g/mol. The summed E-state index contributed by atoms with van der Waals surface area (Å²) in [4.78, 5) is 13.5. The smallest absolute Gasteiger partial charge is 0.298 e. The van der Waals surface area contributed by atoms with Crippen LogP contribution < -0.4 is 19.8 Å². The molecule has 0 aliphatic rings. The molecule has 1 aromatic heterocycles. The second kappa shape index (κ2) is 8.05. The Morgan fingerprint density at radius 3 is 2.37 bits per heavy atom. The predicted octanol–water partition coefficient (Wildman–Crippen LogP) is 1.89. The Morgan fingerprint density at radius 2 is 1.70 bits per heavy atom. The van der Waals surface area contributed by atoms with Crippen molar-refractivity contribution in [3.05, 3.63) is 82.8 Å². The molecule has 140 valence electrons. The van der Waals surface area contributed by atoms with Crippen LogP contribution in [0, 0.1) is 6.92 Å². The van der Waals surface area contributed by atoms with Crippen LogP contribution in [0.3, 0.4) is 0 Å². The fourth-order valence-corrected chi connectivity index (χ4v) is 2.70. The molecule has 0 bridgehead atoms. The minimum Gasteiger partial charge on any atom is -0.298 e. The molecule has 6 heteroatoms. The van der Waals surface area contributed by atoms with Crippen molar-refractivity contribution in [3.8, 4) is 5.69 Å². The van der Waals surface area contributed by atoms with Gasteiger partial charge in [0.25, 0.3) is 6.20 Å². The molecule has 0 aliphatic carbocycles. The molecular formula is C21H28N5O+3. The van der Waals surface area contributed by atoms with Gasteiger partial charge in [0.2, 0.25) is 11.1 Å². The van der Waals surface area contributed by atoms with Crippen LogP contribution in [0.5, 0.6) is 0 Å². The first-order chi connectivity index (χ1) is 12.3. The molecule has 0 saturated carbocycles. The van der Waals surface area contributed by atoms with Crippen LogP contribution >= 0.6 is 0 Å². The van der Waals surface area contributed by atoms with Gasteiger partial charge >= 0.3 is 5.22 Å². The molecule has 0 radical (unpaired) electrons. The number of rotatable bonds is 4. The molecule has 0 amide bonds. The van der Waals surface area contributed by atoms with Gasteiger partial charge in [0.1, 0.15) is 11.4 Å². The highest BCUT2D eigenvalue weighted by Gasteiger charge is 2.18. The zero-order valence-electron chi connectivity index (χ0n) is 15.5. The molecule has 27 heavy (non-hydrogen) atoms. The minimum atomic E-state index is -0.0969. The van der Waals surface area contributed by atoms with Crippen LogP contribution in [0.15, 0.2) is 76.9 Å². The Morgan fingerprint density at radius 1 is 1.00 bits per heavy atom. The number of aromatic nitrogens is 2. The Labute approximate surface area is 160 Å². The molecule has 0 spiro atoms. The fraction of sp³-hybridized carbons (Fsp3) is 0.238. The van der Waals surface area contributed by atoms with Gasteiger partial charge in [-0.2, -0.15) is 0 Å². The molecule has 1 heterocycles. The molecule has 0 fully saturated rings. The molecular weight excluding hydrogens is 338 g/mol. The third-order valence-corrected chi connectivity index (χ3v) is 4.04. The number of hydrogen-bond donors (Lipinski definition) is 1. The van der Waals surface area contributed by atoms with E-state index in [0.29, 0.717) is 4.48 Å². The van der Waals surface area contributed by atoms with Crippen molar-refractivity contribution in [2.45, 2.75) is 14.4 Å². The fourth-order valence-electron chi connectivity index (χ4n) is 2.70. The van der Waals surface area contributed by atoms with Gasteiger partial charge in [-0.1, -0.05) is 30.3 Å². The summed E-state index contributed by atoms with van der Waals surface area (Å²) in [5, 5.41) is 7.48. The van der Waals surface area contributed by atoms with E-state index in [2.05, 4.69) is 37.5 Å². The van der Waals surface area contributed by atoms with Crippen molar-refractivity contribution in [2.24, 2.45) is 5.22 Å². The summed E-state index contributed by atoms with van der Waals surface area (Å²) in [6.07, 6.45) is 1.46. The average molecular weight is 366 g/mol. The van der Waals surface area contributed by atoms with E-state index in [9.17, 15) is 4.79 Å². The lowest BCUT2D eigenvalue weighted by molar-refractivity contribution is -0.830. The van der Waals surface area contributed by atoms with E-state index in [1.165, 1.54) is 11.0 Å². The van der Waals surface area contributed by atoms with Crippen LogP contribution in [-0.4, -0.2) is 25.8 Å². The van der Waals surface area contributed by atoms with E-state index in [0.717, 1.165) is 22.8 Å². The van der Waals surface area contributed by atoms with Gasteiger partial charge in [-0.05, 0) is 36.3 Å². The summed E-state index contributed by atoms with van der Waals surface area (Å²) in [5.41, 5.74) is 3.64. The van der Waals surface area contributed by atoms with Crippen LogP contribution in [-0.2, 0) is 0 Å². The van der Waals surface area contributed by atoms with E-state index in [-0.39, 0.29) is 12.9 Å². The molecule has 2 aromatic carbocycles. The van der Waals surface area contributed by atoms with E-state index < -0.39 is 0 Å². The first kappa shape index (κ1) is 20.2. The second-order valence-electron chi connectivity index (χ2n) is 7.06. The minimum absolute atomic E-state index is 0. The van der Waals surface area contributed by atoms with Crippen LogP contribution in [0.25, 0.3) is 5.69 Å². The quantitative estimate of drug-likeness (QED) is 0.428. The van der Waals surface area contributed by atoms with E-state index >= 15 is 0 Å². The van der Waals surface area contributed by atoms with Gasteiger partial charge in [0, 0.05) is 12.1 Å². The molecule has 0 atom stereocenters. The zero-order chi connectivity index (χ0) is 18.7. The lowest BCUT2D eigenvalue weighted by atomic mass is 10.2. The number of nitrogens with one attached hydrogen (secondary N) is 1. The van der Waals surface area contributed by atoms with Crippen molar-refractivity contribution >= 4 is 11.4 Å². The Kier molecular flexibility index (Phi) is 6.02. The highest BCUT2D eigenvalue weighted by Crippen LogP contribution is 2.18. The number of benzene rings is 2. The first-order valence-electron chi connectivity index (χ1n) is 8.45. The highest BCUT2D eigenvalue weighted by atomic mass is 16.1. The van der Waals surface area contributed by atoms with Crippen LogP contribution in [0.1, 0.15) is 13.1 Å². The standard InChI is InChI=1S/C20H23N5O.CH4/c1-16-13-20(26)15-23(24(16)18-10-6-5-7-11-18)22-21-17-9-8-12-19(14-17)25(2,3)4;/h5-15H,1-4H3;1H4/q+2;/p+1. The summed E-state index contributed by atoms with van der Waals surface area (Å²) in [6.45, 7) is 1.89. The summed E-state index contributed by atoms with van der Waals surface area (Å²) in [7, 11) is 6.33. The largest absolute Gasteiger partial charge is 0.301 e. The normalized spacial score (nSPS) is 11.4. The summed E-state index contributed by atoms with van der Waals surface area (Å²) >= 11 is 0. The van der Waals surface area contributed by atoms with Gasteiger partial charge in [0.15, 0.2) is 0 Å². The third-order valence-electron chi connectivity index (χ3n) is 4.04. The van der Waals surface area contributed by atoms with Crippen molar-refractivity contribution in [3.63, 3.8) is 0 Å². The SMILES string of the molecule is C.Cc1cc(=O)c[n+](N=[NH+]c2cccc([N+](C)(C)C)c2)n1-c1ccccc1. The Hall–Kier alpha value is -3.12. The third kappa shape index (κ3) is 4.74. The van der Waals surface area contributed by atoms with Gasteiger partial charge in [-0.15, -0.1) is 0 Å². The van der Waals surface area contributed by atoms with E-state index in [1.54, 1.807) is 6.07 Å². The molecule has 1 N–H and O–H groups in total. The van der Waals surface area contributed by atoms with Gasteiger partial charge in [-0.3, -0.25) is 9.28 Å². The van der Waals surface area contributed by atoms with Crippen molar-refractivity contribution in [2.75, 3.05) is 21.1 Å². The predicted molar refractivity (Wildman–Crippen MR) is 108 cm³/mol. The topological polar surface area (TPSA) is 52.2 Å². The van der Waals surface area contributed by atoms with Gasteiger partial charge in [-0.25, -0.2) is 0 Å². The average Bonchev–Trinajstić information content (AvgIpc) is 2.60. The van der Waals surface area contributed by atoms with E-state index in [4.69, 9.17) is 0 Å². The number of hydrogen-bond acceptors (Lipinski definition) is 2. The molecule has 6 nitrogen and oxygen atoms in total.